The van der Waals surface area contributed by atoms with Gasteiger partial charge in [-0.2, -0.15) is 0 Å². The van der Waals surface area contributed by atoms with Crippen LogP contribution >= 0.6 is 0 Å². The summed E-state index contributed by atoms with van der Waals surface area (Å²) in [6.45, 7) is 5.36. The number of methoxy groups -OCH3 is 1. The highest BCUT2D eigenvalue weighted by Crippen LogP contribution is 2.25. The van der Waals surface area contributed by atoms with Gasteiger partial charge in [-0.3, -0.25) is 9.59 Å². The lowest BCUT2D eigenvalue weighted by atomic mass is 9.94. The molecule has 98 valence electrons. The number of carbonyl (C=O) groups excluding carboxylic acids is 1. The Bertz CT molecular complexity index is 454. The van der Waals surface area contributed by atoms with Crippen molar-refractivity contribution in [1.82, 2.24) is 0 Å². The number of ether oxygens (including phenoxy) is 1. The van der Waals surface area contributed by atoms with Gasteiger partial charge in [-0.1, -0.05) is 6.92 Å². The van der Waals surface area contributed by atoms with Gasteiger partial charge in [0.05, 0.1) is 13.5 Å². The van der Waals surface area contributed by atoms with Crippen molar-refractivity contribution in [2.24, 2.45) is 5.92 Å². The maximum absolute atomic E-state index is 12.1. The lowest BCUT2D eigenvalue weighted by molar-refractivity contribution is -0.137. The van der Waals surface area contributed by atoms with E-state index in [4.69, 9.17) is 9.84 Å². The summed E-state index contributed by atoms with van der Waals surface area (Å²) >= 11 is 0. The Morgan fingerprint density at radius 1 is 1.28 bits per heavy atom. The molecule has 1 atom stereocenters. The molecule has 1 unspecified atom stereocenters. The molecule has 0 saturated carbocycles. The molecule has 1 aromatic carbocycles. The van der Waals surface area contributed by atoms with Crippen LogP contribution in [0.25, 0.3) is 0 Å². The molecule has 0 fully saturated rings. The van der Waals surface area contributed by atoms with Crippen molar-refractivity contribution in [3.05, 3.63) is 28.8 Å². The minimum absolute atomic E-state index is 0.147. The normalized spacial score (nSPS) is 12.0. The maximum atomic E-state index is 12.1. The fourth-order valence-electron chi connectivity index (χ4n) is 2.05. The van der Waals surface area contributed by atoms with E-state index in [9.17, 15) is 9.59 Å². The van der Waals surface area contributed by atoms with Crippen LogP contribution in [0, 0.1) is 19.8 Å². The van der Waals surface area contributed by atoms with Gasteiger partial charge in [0, 0.05) is 11.5 Å². The van der Waals surface area contributed by atoms with Gasteiger partial charge in [-0.15, -0.1) is 0 Å². The number of aryl methyl sites for hydroxylation is 2. The first-order valence-corrected chi connectivity index (χ1v) is 5.78. The van der Waals surface area contributed by atoms with Crippen LogP contribution in [0.3, 0.4) is 0 Å². The summed E-state index contributed by atoms with van der Waals surface area (Å²) in [5, 5.41) is 8.70. The highest BCUT2D eigenvalue weighted by atomic mass is 16.5. The van der Waals surface area contributed by atoms with E-state index in [0.717, 1.165) is 16.9 Å². The molecular formula is C14H18O4. The molecule has 18 heavy (non-hydrogen) atoms. The van der Waals surface area contributed by atoms with Crippen molar-refractivity contribution in [2.75, 3.05) is 7.11 Å². The Kier molecular flexibility index (Phi) is 4.48. The Labute approximate surface area is 107 Å². The summed E-state index contributed by atoms with van der Waals surface area (Å²) < 4.78 is 5.23. The summed E-state index contributed by atoms with van der Waals surface area (Å²) in [5.74, 6) is -0.865. The topological polar surface area (TPSA) is 63.6 Å². The highest BCUT2D eigenvalue weighted by molar-refractivity contribution is 5.99. The zero-order chi connectivity index (χ0) is 13.9. The van der Waals surface area contributed by atoms with Crippen LogP contribution in [0.2, 0.25) is 0 Å². The second-order valence-electron chi connectivity index (χ2n) is 4.51. The molecule has 1 N–H and O–H groups in total. The summed E-state index contributed by atoms with van der Waals surface area (Å²) in [5.41, 5.74) is 2.30. The van der Waals surface area contributed by atoms with Gasteiger partial charge in [0.25, 0.3) is 0 Å². The third-order valence-corrected chi connectivity index (χ3v) is 2.88. The molecule has 0 aliphatic carbocycles. The van der Waals surface area contributed by atoms with Crippen LogP contribution in [0.15, 0.2) is 12.1 Å². The minimum Gasteiger partial charge on any atom is -0.496 e. The van der Waals surface area contributed by atoms with Crippen molar-refractivity contribution >= 4 is 11.8 Å². The van der Waals surface area contributed by atoms with E-state index in [1.165, 1.54) is 0 Å². The second-order valence-corrected chi connectivity index (χ2v) is 4.51. The fourth-order valence-corrected chi connectivity index (χ4v) is 2.05. The Hall–Kier alpha value is -1.84. The molecule has 0 saturated heterocycles. The molecule has 1 aromatic rings. The first-order valence-electron chi connectivity index (χ1n) is 5.78. The van der Waals surface area contributed by atoms with Gasteiger partial charge in [0.1, 0.15) is 5.75 Å². The molecular weight excluding hydrogens is 232 g/mol. The number of hydrogen-bond acceptors (Lipinski definition) is 3. The van der Waals surface area contributed by atoms with Gasteiger partial charge in [-0.05, 0) is 37.1 Å². The predicted octanol–water partition coefficient (Wildman–Crippen LogP) is 2.61. The lowest BCUT2D eigenvalue weighted by Gasteiger charge is -2.13. The van der Waals surface area contributed by atoms with Crippen LogP contribution in [0.5, 0.6) is 5.75 Å². The molecule has 4 heteroatoms. The van der Waals surface area contributed by atoms with E-state index in [1.54, 1.807) is 26.2 Å². The Balaban J connectivity index is 3.04. The zero-order valence-corrected chi connectivity index (χ0v) is 11.1. The number of rotatable bonds is 5. The first kappa shape index (κ1) is 14.2. The van der Waals surface area contributed by atoms with Crippen molar-refractivity contribution < 1.29 is 19.4 Å². The maximum Gasteiger partial charge on any atom is 0.304 e. The fraction of sp³-hybridized carbons (Fsp3) is 0.429. The van der Waals surface area contributed by atoms with Crippen LogP contribution < -0.4 is 4.74 Å². The molecule has 0 aliphatic heterocycles. The molecule has 0 amide bonds. The predicted molar refractivity (Wildman–Crippen MR) is 68.2 cm³/mol. The van der Waals surface area contributed by atoms with Gasteiger partial charge in [0.15, 0.2) is 5.78 Å². The zero-order valence-electron chi connectivity index (χ0n) is 11.1. The van der Waals surface area contributed by atoms with Gasteiger partial charge < -0.3 is 9.84 Å². The number of ketones is 1. The van der Waals surface area contributed by atoms with E-state index in [-0.39, 0.29) is 12.2 Å². The molecule has 0 spiro atoms. The van der Waals surface area contributed by atoms with E-state index < -0.39 is 11.9 Å². The number of carbonyl (C=O) groups is 2. The molecule has 0 radical (unpaired) electrons. The number of carboxylic acid groups (broad SMARTS) is 1. The van der Waals surface area contributed by atoms with Gasteiger partial charge >= 0.3 is 5.97 Å². The van der Waals surface area contributed by atoms with E-state index in [2.05, 4.69) is 0 Å². The van der Waals surface area contributed by atoms with Crippen molar-refractivity contribution in [1.29, 1.82) is 0 Å². The van der Waals surface area contributed by atoms with Crippen LogP contribution in [-0.4, -0.2) is 24.0 Å². The Morgan fingerprint density at radius 3 is 2.17 bits per heavy atom. The lowest BCUT2D eigenvalue weighted by Crippen LogP contribution is -2.16. The largest absolute Gasteiger partial charge is 0.496 e. The van der Waals surface area contributed by atoms with Crippen LogP contribution in [0.1, 0.15) is 34.8 Å². The van der Waals surface area contributed by atoms with E-state index >= 15 is 0 Å². The monoisotopic (exact) mass is 250 g/mol. The summed E-state index contributed by atoms with van der Waals surface area (Å²) in [4.78, 5) is 22.7. The van der Waals surface area contributed by atoms with E-state index in [1.807, 2.05) is 13.8 Å². The number of benzene rings is 1. The smallest absolute Gasteiger partial charge is 0.304 e. The average Bonchev–Trinajstić information content (AvgIpc) is 2.26. The van der Waals surface area contributed by atoms with Gasteiger partial charge in [-0.25, -0.2) is 0 Å². The third-order valence-electron chi connectivity index (χ3n) is 2.88. The molecule has 1 rings (SSSR count). The average molecular weight is 250 g/mol. The van der Waals surface area contributed by atoms with Crippen molar-refractivity contribution in [2.45, 2.75) is 27.2 Å². The van der Waals surface area contributed by atoms with Crippen molar-refractivity contribution in [3.63, 3.8) is 0 Å². The summed E-state index contributed by atoms with van der Waals surface area (Å²) in [6, 6.07) is 3.49. The Morgan fingerprint density at radius 2 is 1.78 bits per heavy atom. The number of hydrogen-bond donors (Lipinski definition) is 1. The third kappa shape index (κ3) is 3.09. The minimum atomic E-state index is -0.960. The SMILES string of the molecule is COc1c(C)cc(C(=O)C(C)CC(=O)O)cc1C. The number of Topliss-reactive ketones (excluding diaryl/α,β-unsaturated/α-hetero) is 1. The van der Waals surface area contributed by atoms with E-state index in [0.29, 0.717) is 5.56 Å². The molecule has 0 heterocycles. The van der Waals surface area contributed by atoms with Crippen LogP contribution in [0.4, 0.5) is 0 Å². The highest BCUT2D eigenvalue weighted by Gasteiger charge is 2.19. The molecule has 4 nitrogen and oxygen atoms in total. The van der Waals surface area contributed by atoms with Crippen LogP contribution in [-0.2, 0) is 4.79 Å². The molecule has 0 aliphatic rings. The first-order chi connectivity index (χ1) is 8.36. The standard InChI is InChI=1S/C14H18O4/c1-8(7-12(15)16)13(17)11-5-9(2)14(18-4)10(3)6-11/h5-6,8H,7H2,1-4H3,(H,15,16). The number of carboxylic acids is 1. The summed E-state index contributed by atoms with van der Waals surface area (Å²) in [6.07, 6.45) is -0.150. The van der Waals surface area contributed by atoms with Gasteiger partial charge in [0.2, 0.25) is 0 Å². The molecule has 0 bridgehead atoms. The quantitative estimate of drug-likeness (QED) is 0.816. The second kappa shape index (κ2) is 5.67. The summed E-state index contributed by atoms with van der Waals surface area (Å²) in [7, 11) is 1.59. The number of aliphatic carboxylic acids is 1. The van der Waals surface area contributed by atoms with Crippen molar-refractivity contribution in [3.8, 4) is 5.75 Å². The molecule has 0 aromatic heterocycles.